The molecule has 0 bridgehead atoms. The molecule has 96 valence electrons. The van der Waals surface area contributed by atoms with Crippen molar-refractivity contribution in [2.24, 2.45) is 7.05 Å². The normalized spacial score (nSPS) is 17.7. The van der Waals surface area contributed by atoms with Crippen LogP contribution in [0.4, 0.5) is 0 Å². The third kappa shape index (κ3) is 1.82. The Morgan fingerprint density at radius 3 is 2.78 bits per heavy atom. The summed E-state index contributed by atoms with van der Waals surface area (Å²) >= 11 is 0. The fourth-order valence-corrected chi connectivity index (χ4v) is 2.24. The van der Waals surface area contributed by atoms with Crippen molar-refractivity contribution in [3.63, 3.8) is 0 Å². The Morgan fingerprint density at radius 2 is 2.22 bits per heavy atom. The summed E-state index contributed by atoms with van der Waals surface area (Å²) in [7, 11) is 1.73. The summed E-state index contributed by atoms with van der Waals surface area (Å²) in [6, 6.07) is 1.84. The Kier molecular flexibility index (Phi) is 2.66. The predicted molar refractivity (Wildman–Crippen MR) is 62.9 cm³/mol. The maximum absolute atomic E-state index is 10.2. The predicted octanol–water partition coefficient (Wildman–Crippen LogP) is 1.46. The van der Waals surface area contributed by atoms with Crippen LogP contribution in [0.3, 0.4) is 0 Å². The summed E-state index contributed by atoms with van der Waals surface area (Å²) in [5.74, 6) is 0.943. The van der Waals surface area contributed by atoms with Crippen molar-refractivity contribution in [2.45, 2.75) is 38.2 Å². The van der Waals surface area contributed by atoms with Gasteiger partial charge in [-0.2, -0.15) is 15.0 Å². The van der Waals surface area contributed by atoms with Crippen LogP contribution in [0.25, 0.3) is 0 Å². The minimum atomic E-state index is -0.889. The molecule has 1 aliphatic rings. The van der Waals surface area contributed by atoms with Gasteiger partial charge in [0.25, 0.3) is 0 Å². The number of aliphatic hydroxyl groups is 1. The van der Waals surface area contributed by atoms with Gasteiger partial charge in [0, 0.05) is 19.0 Å². The number of aliphatic hydroxyl groups excluding tert-OH is 1. The number of aryl methyl sites for hydroxylation is 2. The van der Waals surface area contributed by atoms with Crippen molar-refractivity contribution in [3.8, 4) is 0 Å². The zero-order valence-electron chi connectivity index (χ0n) is 10.5. The highest BCUT2D eigenvalue weighted by Gasteiger charge is 2.27. The minimum absolute atomic E-state index is 0.445. The highest BCUT2D eigenvalue weighted by Crippen LogP contribution is 2.36. The van der Waals surface area contributed by atoms with Gasteiger partial charge in [0.2, 0.25) is 0 Å². The SMILES string of the molecule is Cc1nn(C)nc1C(O)c1cc(C2CCC2)no1. The van der Waals surface area contributed by atoms with E-state index in [-0.39, 0.29) is 0 Å². The van der Waals surface area contributed by atoms with Crippen LogP contribution in [0.15, 0.2) is 10.6 Å². The van der Waals surface area contributed by atoms with Crippen LogP contribution >= 0.6 is 0 Å². The molecule has 1 unspecified atom stereocenters. The standard InChI is InChI=1S/C12H16N4O2/c1-7-11(14-16(2)13-7)12(17)10-6-9(15-18-10)8-4-3-5-8/h6,8,12,17H,3-5H2,1-2H3. The van der Waals surface area contributed by atoms with Crippen LogP contribution in [-0.4, -0.2) is 25.3 Å². The molecule has 0 radical (unpaired) electrons. The number of aromatic nitrogens is 4. The maximum atomic E-state index is 10.2. The number of hydrogen-bond acceptors (Lipinski definition) is 5. The van der Waals surface area contributed by atoms with Crippen molar-refractivity contribution in [1.29, 1.82) is 0 Å². The molecule has 2 heterocycles. The van der Waals surface area contributed by atoms with Crippen LogP contribution < -0.4 is 0 Å². The van der Waals surface area contributed by atoms with Crippen molar-refractivity contribution >= 4 is 0 Å². The lowest BCUT2D eigenvalue weighted by molar-refractivity contribution is 0.170. The van der Waals surface area contributed by atoms with Gasteiger partial charge < -0.3 is 9.63 Å². The molecule has 0 aromatic carbocycles. The van der Waals surface area contributed by atoms with Gasteiger partial charge in [0.05, 0.1) is 11.4 Å². The van der Waals surface area contributed by atoms with E-state index in [1.165, 1.54) is 11.2 Å². The number of rotatable bonds is 3. The van der Waals surface area contributed by atoms with E-state index < -0.39 is 6.10 Å². The van der Waals surface area contributed by atoms with Gasteiger partial charge in [-0.25, -0.2) is 0 Å². The molecule has 0 saturated heterocycles. The second-order valence-corrected chi connectivity index (χ2v) is 4.84. The summed E-state index contributed by atoms with van der Waals surface area (Å²) in [5.41, 5.74) is 2.16. The molecule has 6 nitrogen and oxygen atoms in total. The summed E-state index contributed by atoms with van der Waals surface area (Å²) in [4.78, 5) is 1.44. The van der Waals surface area contributed by atoms with E-state index in [0.29, 0.717) is 23.1 Å². The Bertz CT molecular complexity index is 556. The van der Waals surface area contributed by atoms with E-state index in [1.807, 2.05) is 13.0 Å². The first-order valence-corrected chi connectivity index (χ1v) is 6.17. The van der Waals surface area contributed by atoms with Crippen LogP contribution in [0.1, 0.15) is 54.1 Å². The summed E-state index contributed by atoms with van der Waals surface area (Å²) in [6.07, 6.45) is 2.68. The monoisotopic (exact) mass is 248 g/mol. The zero-order valence-corrected chi connectivity index (χ0v) is 10.5. The van der Waals surface area contributed by atoms with Gasteiger partial charge in [0.1, 0.15) is 5.69 Å². The Balaban J connectivity index is 1.85. The van der Waals surface area contributed by atoms with Crippen LogP contribution in [-0.2, 0) is 7.05 Å². The molecule has 0 aliphatic heterocycles. The van der Waals surface area contributed by atoms with E-state index in [4.69, 9.17) is 4.52 Å². The molecule has 6 heteroatoms. The highest BCUT2D eigenvalue weighted by molar-refractivity contribution is 5.22. The number of hydrogen-bond donors (Lipinski definition) is 1. The average molecular weight is 248 g/mol. The van der Waals surface area contributed by atoms with Crippen molar-refractivity contribution in [2.75, 3.05) is 0 Å². The zero-order chi connectivity index (χ0) is 12.7. The van der Waals surface area contributed by atoms with Crippen LogP contribution in [0, 0.1) is 6.92 Å². The molecule has 1 atom stereocenters. The van der Waals surface area contributed by atoms with Crippen LogP contribution in [0.5, 0.6) is 0 Å². The third-order valence-corrected chi connectivity index (χ3v) is 3.52. The molecule has 0 spiro atoms. The van der Waals surface area contributed by atoms with Gasteiger partial charge in [-0.05, 0) is 19.8 Å². The lowest BCUT2D eigenvalue weighted by Crippen LogP contribution is -2.08. The maximum Gasteiger partial charge on any atom is 0.171 e. The largest absolute Gasteiger partial charge is 0.378 e. The molecular weight excluding hydrogens is 232 g/mol. The van der Waals surface area contributed by atoms with E-state index in [9.17, 15) is 5.11 Å². The second kappa shape index (κ2) is 4.20. The quantitative estimate of drug-likeness (QED) is 0.889. The Morgan fingerprint density at radius 1 is 1.44 bits per heavy atom. The Labute approximate surface area is 105 Å². The summed E-state index contributed by atoms with van der Waals surface area (Å²) in [5, 5.41) is 22.5. The molecule has 18 heavy (non-hydrogen) atoms. The fraction of sp³-hybridized carbons (Fsp3) is 0.583. The molecule has 1 fully saturated rings. The first-order chi connectivity index (χ1) is 8.65. The molecule has 1 N–H and O–H groups in total. The van der Waals surface area contributed by atoms with E-state index in [2.05, 4.69) is 15.4 Å². The first kappa shape index (κ1) is 11.4. The van der Waals surface area contributed by atoms with Gasteiger partial charge in [-0.1, -0.05) is 11.6 Å². The summed E-state index contributed by atoms with van der Waals surface area (Å²) < 4.78 is 5.22. The molecule has 1 saturated carbocycles. The van der Waals surface area contributed by atoms with Gasteiger partial charge in [0.15, 0.2) is 11.9 Å². The van der Waals surface area contributed by atoms with E-state index in [0.717, 1.165) is 18.5 Å². The topological polar surface area (TPSA) is 77.0 Å². The van der Waals surface area contributed by atoms with Crippen molar-refractivity contribution < 1.29 is 9.63 Å². The molecule has 0 amide bonds. The highest BCUT2D eigenvalue weighted by atomic mass is 16.5. The molecule has 3 rings (SSSR count). The molecule has 1 aliphatic carbocycles. The smallest absolute Gasteiger partial charge is 0.171 e. The van der Waals surface area contributed by atoms with Gasteiger partial charge >= 0.3 is 0 Å². The third-order valence-electron chi connectivity index (χ3n) is 3.52. The van der Waals surface area contributed by atoms with Crippen molar-refractivity contribution in [1.82, 2.24) is 20.2 Å². The lowest BCUT2D eigenvalue weighted by atomic mass is 9.83. The van der Waals surface area contributed by atoms with Gasteiger partial charge in [-0.15, -0.1) is 0 Å². The van der Waals surface area contributed by atoms with Gasteiger partial charge in [-0.3, -0.25) is 0 Å². The number of nitrogens with zero attached hydrogens (tertiary/aromatic N) is 4. The minimum Gasteiger partial charge on any atom is -0.378 e. The van der Waals surface area contributed by atoms with E-state index >= 15 is 0 Å². The average Bonchev–Trinajstić information content (AvgIpc) is 2.82. The molecule has 2 aromatic rings. The van der Waals surface area contributed by atoms with Crippen molar-refractivity contribution in [3.05, 3.63) is 28.9 Å². The van der Waals surface area contributed by atoms with E-state index in [1.54, 1.807) is 7.05 Å². The fourth-order valence-electron chi connectivity index (χ4n) is 2.24. The summed E-state index contributed by atoms with van der Waals surface area (Å²) in [6.45, 7) is 1.81. The van der Waals surface area contributed by atoms with Crippen LogP contribution in [0.2, 0.25) is 0 Å². The Hall–Kier alpha value is -1.69. The lowest BCUT2D eigenvalue weighted by Gasteiger charge is -2.22. The molecular formula is C12H16N4O2. The second-order valence-electron chi connectivity index (χ2n) is 4.84. The molecule has 2 aromatic heterocycles. The first-order valence-electron chi connectivity index (χ1n) is 6.17.